The number of nitrogens with zero attached hydrogens (tertiary/aromatic N) is 3. The zero-order valence-corrected chi connectivity index (χ0v) is 15.9. The van der Waals surface area contributed by atoms with E-state index in [9.17, 15) is 10.1 Å². The highest BCUT2D eigenvalue weighted by atomic mass is 16.5. The monoisotopic (exact) mass is 372 g/mol. The van der Waals surface area contributed by atoms with E-state index in [0.717, 1.165) is 22.8 Å². The number of hydrogen-bond acceptors (Lipinski definition) is 4. The number of rotatable bonds is 5. The van der Waals surface area contributed by atoms with Crippen LogP contribution < -0.4 is 10.1 Å². The summed E-state index contributed by atoms with van der Waals surface area (Å²) in [6, 6.07) is 16.5. The number of aromatic nitrogens is 2. The second-order valence-corrected chi connectivity index (χ2v) is 6.20. The number of pyridine rings is 1. The van der Waals surface area contributed by atoms with Gasteiger partial charge < -0.3 is 14.6 Å². The molecular weight excluding hydrogens is 352 g/mol. The topological polar surface area (TPSA) is 79.9 Å². The van der Waals surface area contributed by atoms with Crippen LogP contribution in [-0.4, -0.2) is 22.6 Å². The van der Waals surface area contributed by atoms with E-state index >= 15 is 0 Å². The average Bonchev–Trinajstić information content (AvgIpc) is 3.00. The number of benzene rings is 1. The maximum Gasteiger partial charge on any atom is 0.266 e. The number of aryl methyl sites for hydroxylation is 1. The molecule has 6 heteroatoms. The second-order valence-electron chi connectivity index (χ2n) is 6.20. The summed E-state index contributed by atoms with van der Waals surface area (Å²) in [5.41, 5.74) is 3.28. The maximum atomic E-state index is 12.5. The van der Waals surface area contributed by atoms with Crippen LogP contribution in [0.3, 0.4) is 0 Å². The molecular formula is C22H20N4O2. The molecule has 0 saturated carbocycles. The molecule has 0 atom stereocenters. The summed E-state index contributed by atoms with van der Waals surface area (Å²) in [7, 11) is 1.57. The van der Waals surface area contributed by atoms with E-state index < -0.39 is 5.91 Å². The first-order valence-electron chi connectivity index (χ1n) is 8.71. The van der Waals surface area contributed by atoms with Crippen molar-refractivity contribution in [2.24, 2.45) is 0 Å². The lowest BCUT2D eigenvalue weighted by molar-refractivity contribution is -0.112. The molecule has 0 aliphatic carbocycles. The summed E-state index contributed by atoms with van der Waals surface area (Å²) in [6.45, 7) is 3.90. The lowest BCUT2D eigenvalue weighted by Gasteiger charge is -2.08. The van der Waals surface area contributed by atoms with E-state index in [1.165, 1.54) is 0 Å². The van der Waals surface area contributed by atoms with Crippen molar-refractivity contribution in [2.45, 2.75) is 13.8 Å². The number of carbonyl (C=O) groups is 1. The molecule has 1 amide bonds. The molecule has 0 aliphatic heterocycles. The summed E-state index contributed by atoms with van der Waals surface area (Å²) in [5.74, 6) is 1.02. The van der Waals surface area contributed by atoms with Crippen molar-refractivity contribution < 1.29 is 9.53 Å². The molecule has 6 nitrogen and oxygen atoms in total. The van der Waals surface area contributed by atoms with Gasteiger partial charge in [0.15, 0.2) is 0 Å². The minimum Gasteiger partial charge on any atom is -0.497 e. The highest BCUT2D eigenvalue weighted by molar-refractivity contribution is 6.09. The smallest absolute Gasteiger partial charge is 0.266 e. The van der Waals surface area contributed by atoms with E-state index in [-0.39, 0.29) is 5.57 Å². The Bertz CT molecular complexity index is 1060. The Hall–Kier alpha value is -3.85. The second kappa shape index (κ2) is 8.23. The summed E-state index contributed by atoms with van der Waals surface area (Å²) >= 11 is 0. The Morgan fingerprint density at radius 3 is 2.57 bits per heavy atom. The van der Waals surface area contributed by atoms with Crippen LogP contribution in [0.2, 0.25) is 0 Å². The molecule has 0 fully saturated rings. The van der Waals surface area contributed by atoms with Gasteiger partial charge in [0.2, 0.25) is 0 Å². The minimum atomic E-state index is -0.463. The van der Waals surface area contributed by atoms with E-state index in [0.29, 0.717) is 11.4 Å². The summed E-state index contributed by atoms with van der Waals surface area (Å²) in [6.07, 6.45) is 3.33. The number of methoxy groups -OCH3 is 1. The molecule has 1 N–H and O–H groups in total. The summed E-state index contributed by atoms with van der Waals surface area (Å²) in [4.78, 5) is 16.9. The maximum absolute atomic E-state index is 12.5. The van der Waals surface area contributed by atoms with Crippen molar-refractivity contribution in [1.29, 1.82) is 5.26 Å². The molecule has 140 valence electrons. The van der Waals surface area contributed by atoms with Gasteiger partial charge in [-0.05, 0) is 68.0 Å². The Balaban J connectivity index is 1.88. The van der Waals surface area contributed by atoms with Crippen LogP contribution in [-0.2, 0) is 4.79 Å². The third kappa shape index (κ3) is 3.94. The Kier molecular flexibility index (Phi) is 5.56. The number of nitrogens with one attached hydrogen (secondary N) is 1. The molecule has 0 spiro atoms. The van der Waals surface area contributed by atoms with Crippen molar-refractivity contribution in [3.63, 3.8) is 0 Å². The fourth-order valence-electron chi connectivity index (χ4n) is 2.95. The van der Waals surface area contributed by atoms with Crippen LogP contribution >= 0.6 is 0 Å². The number of carbonyl (C=O) groups excluding carboxylic acids is 1. The molecule has 28 heavy (non-hydrogen) atoms. The van der Waals surface area contributed by atoms with Gasteiger partial charge in [-0.1, -0.05) is 6.07 Å². The molecule has 3 aromatic rings. The Morgan fingerprint density at radius 1 is 1.21 bits per heavy atom. The zero-order valence-electron chi connectivity index (χ0n) is 15.9. The van der Waals surface area contributed by atoms with Gasteiger partial charge in [-0.3, -0.25) is 4.79 Å². The Morgan fingerprint density at radius 2 is 1.96 bits per heavy atom. The predicted molar refractivity (Wildman–Crippen MR) is 108 cm³/mol. The van der Waals surface area contributed by atoms with Crippen LogP contribution in [0, 0.1) is 25.2 Å². The third-order valence-corrected chi connectivity index (χ3v) is 4.36. The van der Waals surface area contributed by atoms with E-state index in [2.05, 4.69) is 10.3 Å². The molecule has 3 rings (SSSR count). The van der Waals surface area contributed by atoms with Gasteiger partial charge in [-0.2, -0.15) is 5.26 Å². The van der Waals surface area contributed by atoms with Gasteiger partial charge in [0.05, 0.1) is 7.11 Å². The average molecular weight is 372 g/mol. The normalized spacial score (nSPS) is 11.0. The zero-order chi connectivity index (χ0) is 20.1. The highest BCUT2D eigenvalue weighted by Gasteiger charge is 2.14. The van der Waals surface area contributed by atoms with Crippen molar-refractivity contribution in [2.75, 3.05) is 12.4 Å². The first-order chi connectivity index (χ1) is 13.5. The Labute approximate surface area is 163 Å². The summed E-state index contributed by atoms with van der Waals surface area (Å²) < 4.78 is 7.09. The number of nitriles is 1. The molecule has 0 unspecified atom stereocenters. The van der Waals surface area contributed by atoms with E-state index in [1.54, 1.807) is 43.6 Å². The van der Waals surface area contributed by atoms with Gasteiger partial charge >= 0.3 is 0 Å². The molecule has 0 bridgehead atoms. The van der Waals surface area contributed by atoms with Gasteiger partial charge in [-0.25, -0.2) is 4.98 Å². The van der Waals surface area contributed by atoms with Gasteiger partial charge in [-0.15, -0.1) is 0 Å². The molecule has 1 aromatic carbocycles. The predicted octanol–water partition coefficient (Wildman–Crippen LogP) is 4.04. The fourth-order valence-corrected chi connectivity index (χ4v) is 2.95. The van der Waals surface area contributed by atoms with Crippen LogP contribution in [0.4, 0.5) is 5.69 Å². The third-order valence-electron chi connectivity index (χ3n) is 4.36. The van der Waals surface area contributed by atoms with Crippen LogP contribution in [0.15, 0.2) is 60.3 Å². The lowest BCUT2D eigenvalue weighted by atomic mass is 10.1. The molecule has 0 saturated heterocycles. The number of anilines is 1. The van der Waals surface area contributed by atoms with Gasteiger partial charge in [0, 0.05) is 23.3 Å². The molecule has 2 aromatic heterocycles. The van der Waals surface area contributed by atoms with Gasteiger partial charge in [0.25, 0.3) is 5.91 Å². The van der Waals surface area contributed by atoms with Crippen LogP contribution in [0.1, 0.15) is 17.0 Å². The van der Waals surface area contributed by atoms with Crippen LogP contribution in [0.5, 0.6) is 5.75 Å². The largest absolute Gasteiger partial charge is 0.497 e. The standard InChI is InChI=1S/C22H20N4O2/c1-15-12-17(16(2)26(15)21-6-4-5-11-24-21)13-18(14-23)22(27)25-19-7-9-20(28-3)10-8-19/h4-13H,1-3H3,(H,25,27)/b18-13-. The number of amides is 1. The first-order valence-corrected chi connectivity index (χ1v) is 8.71. The fraction of sp³-hybridized carbons (Fsp3) is 0.136. The quantitative estimate of drug-likeness (QED) is 0.541. The SMILES string of the molecule is COc1ccc(NC(=O)/C(C#N)=C\c2cc(C)n(-c3ccccn3)c2C)cc1. The molecule has 0 aliphatic rings. The first kappa shape index (κ1) is 18.9. The van der Waals surface area contributed by atoms with Crippen molar-refractivity contribution in [3.05, 3.63) is 77.3 Å². The minimum absolute atomic E-state index is 0.0251. The van der Waals surface area contributed by atoms with Crippen LogP contribution in [0.25, 0.3) is 11.9 Å². The van der Waals surface area contributed by atoms with Crippen molar-refractivity contribution in [3.8, 4) is 17.6 Å². The summed E-state index contributed by atoms with van der Waals surface area (Å²) in [5, 5.41) is 12.2. The lowest BCUT2D eigenvalue weighted by Crippen LogP contribution is -2.13. The van der Waals surface area contributed by atoms with Gasteiger partial charge in [0.1, 0.15) is 23.2 Å². The van der Waals surface area contributed by atoms with E-state index in [1.807, 2.05) is 48.7 Å². The van der Waals surface area contributed by atoms with E-state index in [4.69, 9.17) is 4.74 Å². The van der Waals surface area contributed by atoms with Crippen molar-refractivity contribution in [1.82, 2.24) is 9.55 Å². The van der Waals surface area contributed by atoms with Crippen molar-refractivity contribution >= 4 is 17.7 Å². The molecule has 2 heterocycles. The number of ether oxygens (including phenoxy) is 1. The number of hydrogen-bond donors (Lipinski definition) is 1. The molecule has 0 radical (unpaired) electrons. The highest BCUT2D eigenvalue weighted by Crippen LogP contribution is 2.22.